The van der Waals surface area contributed by atoms with Crippen molar-refractivity contribution in [1.82, 2.24) is 0 Å². The van der Waals surface area contributed by atoms with Gasteiger partial charge >= 0.3 is 59.1 Å². The SMILES string of the molecule is O=C1C=Cc2cc3c(cc2C1)C(S(=O)(=O)O)C(=O)C=C3.[H-].[H-].[Na+].[Na+]. The van der Waals surface area contributed by atoms with Gasteiger partial charge in [0.15, 0.2) is 16.8 Å². The van der Waals surface area contributed by atoms with Crippen LogP contribution in [0.2, 0.25) is 0 Å². The van der Waals surface area contributed by atoms with Crippen LogP contribution in [0.1, 0.15) is 30.4 Å². The third-order valence-electron chi connectivity index (χ3n) is 3.42. The van der Waals surface area contributed by atoms with Crippen molar-refractivity contribution in [3.05, 3.63) is 46.5 Å². The fourth-order valence-corrected chi connectivity index (χ4v) is 3.42. The molecule has 0 spiro atoms. The summed E-state index contributed by atoms with van der Waals surface area (Å²) in [6.45, 7) is 0. The van der Waals surface area contributed by atoms with Crippen molar-refractivity contribution in [2.75, 3.05) is 0 Å². The standard InChI is InChI=1S/C14H10O5S.2Na.2H/c15-11-3-1-8-5-9-2-4-13(16)14(20(17,18)19)12(9)7-10(8)6-11;;;;/h1-5,7,14H,6H2,(H,17,18,19);;;;/q;2*+1;2*-1. The van der Waals surface area contributed by atoms with Crippen LogP contribution in [0.25, 0.3) is 12.2 Å². The van der Waals surface area contributed by atoms with Crippen LogP contribution in [-0.2, 0) is 26.1 Å². The van der Waals surface area contributed by atoms with Gasteiger partial charge < -0.3 is 2.85 Å². The third-order valence-corrected chi connectivity index (χ3v) is 4.51. The van der Waals surface area contributed by atoms with Crippen molar-refractivity contribution in [3.8, 4) is 0 Å². The number of benzene rings is 1. The van der Waals surface area contributed by atoms with Gasteiger partial charge in [0.1, 0.15) is 0 Å². The molecule has 0 saturated carbocycles. The zero-order chi connectivity index (χ0) is 14.5. The first-order valence-electron chi connectivity index (χ1n) is 5.92. The van der Waals surface area contributed by atoms with E-state index in [2.05, 4.69) is 0 Å². The minimum atomic E-state index is -4.53. The van der Waals surface area contributed by atoms with E-state index in [0.717, 1.165) is 11.6 Å². The maximum absolute atomic E-state index is 11.7. The molecule has 1 atom stereocenters. The van der Waals surface area contributed by atoms with Gasteiger partial charge in [-0.25, -0.2) is 0 Å². The van der Waals surface area contributed by atoms with Crippen molar-refractivity contribution < 1.29 is 84.5 Å². The molecule has 2 aliphatic carbocycles. The molecule has 8 heteroatoms. The monoisotopic (exact) mass is 338 g/mol. The predicted octanol–water partition coefficient (Wildman–Crippen LogP) is -4.42. The van der Waals surface area contributed by atoms with Gasteiger partial charge in [0.2, 0.25) is 0 Å². The van der Waals surface area contributed by atoms with Gasteiger partial charge in [0.25, 0.3) is 10.1 Å². The average molecular weight is 338 g/mol. The molecule has 1 aromatic rings. The predicted molar refractivity (Wildman–Crippen MR) is 74.7 cm³/mol. The van der Waals surface area contributed by atoms with Crippen LogP contribution in [0.4, 0.5) is 0 Å². The first kappa shape index (κ1) is 20.0. The molecule has 0 saturated heterocycles. The van der Waals surface area contributed by atoms with Crippen LogP contribution in [0.15, 0.2) is 24.3 Å². The maximum Gasteiger partial charge on any atom is 1.00 e. The Hall–Kier alpha value is -0.0500. The Balaban J connectivity index is 0. The topological polar surface area (TPSA) is 88.5 Å². The molecule has 106 valence electrons. The van der Waals surface area contributed by atoms with Gasteiger partial charge in [0.05, 0.1) is 0 Å². The smallest absolute Gasteiger partial charge is 1.00 e. The van der Waals surface area contributed by atoms with Crippen LogP contribution < -0.4 is 59.1 Å². The summed E-state index contributed by atoms with van der Waals surface area (Å²) in [5.74, 6) is -0.767. The molecule has 1 aromatic carbocycles. The van der Waals surface area contributed by atoms with E-state index in [1.807, 2.05) is 0 Å². The molecule has 0 aromatic heterocycles. The minimum absolute atomic E-state index is 0. The van der Waals surface area contributed by atoms with Crippen LogP contribution in [0.3, 0.4) is 0 Å². The largest absolute Gasteiger partial charge is 1.00 e. The Morgan fingerprint density at radius 3 is 2.27 bits per heavy atom. The zero-order valence-electron chi connectivity index (χ0n) is 14.2. The van der Waals surface area contributed by atoms with E-state index in [0.29, 0.717) is 11.1 Å². The molecule has 3 rings (SSSR count). The zero-order valence-corrected chi connectivity index (χ0v) is 17.1. The molecule has 22 heavy (non-hydrogen) atoms. The number of carbonyl (C=O) groups excluding carboxylic acids is 2. The molecule has 1 N–H and O–H groups in total. The number of hydrogen-bond acceptors (Lipinski definition) is 4. The number of fused-ring (bicyclic) bond motifs is 2. The van der Waals surface area contributed by atoms with Crippen LogP contribution in [0, 0.1) is 0 Å². The van der Waals surface area contributed by atoms with E-state index in [9.17, 15) is 22.6 Å². The minimum Gasteiger partial charge on any atom is -1.00 e. The number of carbonyl (C=O) groups is 2. The van der Waals surface area contributed by atoms with Gasteiger partial charge in [-0.2, -0.15) is 8.42 Å². The molecule has 0 radical (unpaired) electrons. The molecule has 1 unspecified atom stereocenters. The van der Waals surface area contributed by atoms with E-state index >= 15 is 0 Å². The van der Waals surface area contributed by atoms with Gasteiger partial charge in [-0.05, 0) is 40.5 Å². The molecule has 0 aliphatic heterocycles. The second-order valence-electron chi connectivity index (χ2n) is 4.79. The average Bonchev–Trinajstić information content (AvgIpc) is 2.34. The first-order chi connectivity index (χ1) is 9.36. The van der Waals surface area contributed by atoms with E-state index < -0.39 is 21.2 Å². The van der Waals surface area contributed by atoms with Crippen molar-refractivity contribution in [1.29, 1.82) is 0 Å². The summed E-state index contributed by atoms with van der Waals surface area (Å²) < 4.78 is 32.1. The normalized spacial score (nSPS) is 18.9. The number of hydrogen-bond donors (Lipinski definition) is 1. The molecule has 0 bridgehead atoms. The molecule has 0 heterocycles. The second-order valence-corrected chi connectivity index (χ2v) is 6.29. The Kier molecular flexibility index (Phi) is 6.58. The van der Waals surface area contributed by atoms with E-state index in [1.54, 1.807) is 12.1 Å². The van der Waals surface area contributed by atoms with E-state index in [1.165, 1.54) is 18.2 Å². The fraction of sp³-hybridized carbons (Fsp3) is 0.143. The van der Waals surface area contributed by atoms with E-state index in [-0.39, 0.29) is 79.7 Å². The summed E-state index contributed by atoms with van der Waals surface area (Å²) in [6.07, 6.45) is 5.95. The molecule has 0 fully saturated rings. The molecular weight excluding hydrogens is 326 g/mol. The van der Waals surface area contributed by atoms with Crippen molar-refractivity contribution in [2.45, 2.75) is 11.7 Å². The Bertz CT molecular complexity index is 819. The number of ketones is 2. The Morgan fingerprint density at radius 1 is 1.00 bits per heavy atom. The summed E-state index contributed by atoms with van der Waals surface area (Å²) in [7, 11) is -4.53. The third kappa shape index (κ3) is 3.71. The van der Waals surface area contributed by atoms with Crippen LogP contribution in [-0.4, -0.2) is 24.5 Å². The number of allylic oxidation sites excluding steroid dienone is 2. The summed E-state index contributed by atoms with van der Waals surface area (Å²) in [4.78, 5) is 23.1. The van der Waals surface area contributed by atoms with Gasteiger partial charge in [0, 0.05) is 6.42 Å². The van der Waals surface area contributed by atoms with Crippen molar-refractivity contribution >= 4 is 33.8 Å². The Morgan fingerprint density at radius 2 is 1.64 bits per heavy atom. The van der Waals surface area contributed by atoms with Crippen LogP contribution >= 0.6 is 0 Å². The summed E-state index contributed by atoms with van der Waals surface area (Å²) >= 11 is 0. The second kappa shape index (κ2) is 7.23. The first-order valence-corrected chi connectivity index (χ1v) is 7.42. The van der Waals surface area contributed by atoms with Gasteiger partial charge in [-0.3, -0.25) is 14.1 Å². The summed E-state index contributed by atoms with van der Waals surface area (Å²) in [5.41, 5.74) is 2.26. The van der Waals surface area contributed by atoms with Crippen molar-refractivity contribution in [2.24, 2.45) is 0 Å². The fourth-order valence-electron chi connectivity index (χ4n) is 2.53. The van der Waals surface area contributed by atoms with E-state index in [4.69, 9.17) is 0 Å². The maximum atomic E-state index is 11.7. The summed E-state index contributed by atoms with van der Waals surface area (Å²) in [6, 6.07) is 3.24. The van der Waals surface area contributed by atoms with Crippen LogP contribution in [0.5, 0.6) is 0 Å². The molecule has 5 nitrogen and oxygen atoms in total. The van der Waals surface area contributed by atoms with Gasteiger partial charge in [-0.1, -0.05) is 18.2 Å². The molecule has 0 amide bonds. The quantitative estimate of drug-likeness (QED) is 0.413. The summed E-state index contributed by atoms with van der Waals surface area (Å²) in [5, 5.41) is -1.60. The molecule has 2 aliphatic rings. The molecular formula is C14H12Na2O5S. The van der Waals surface area contributed by atoms with Gasteiger partial charge in [-0.15, -0.1) is 0 Å². The van der Waals surface area contributed by atoms with Crippen molar-refractivity contribution in [3.63, 3.8) is 0 Å². The Labute approximate surface area is 175 Å². The number of rotatable bonds is 1.